The number of hydrogen-bond donors (Lipinski definition) is 2. The van der Waals surface area contributed by atoms with Gasteiger partial charge in [-0.15, -0.1) is 23.7 Å². The Balaban J connectivity index is 0.00000208. The Bertz CT molecular complexity index is 771. The van der Waals surface area contributed by atoms with E-state index in [1.54, 1.807) is 12.1 Å². The summed E-state index contributed by atoms with van der Waals surface area (Å²) in [5.74, 6) is -0.703. The number of carbonyl (C=O) groups excluding carboxylic acids is 2. The van der Waals surface area contributed by atoms with Gasteiger partial charge in [-0.05, 0) is 38.1 Å². The standard InChI is InChI=1S/C17H19N3O2S.ClH/c1-10-3-5-11(6-4-10)16(22)19-17-14(15(18)21)12-7-8-20(2)9-13(12)23-17;/h3-6H,7-9H2,1-2H3,(H2,18,21)(H,19,22);1H. The van der Waals surface area contributed by atoms with Crippen LogP contribution in [0.3, 0.4) is 0 Å². The van der Waals surface area contributed by atoms with Crippen LogP contribution < -0.4 is 11.1 Å². The van der Waals surface area contributed by atoms with Crippen molar-refractivity contribution in [3.05, 3.63) is 51.4 Å². The summed E-state index contributed by atoms with van der Waals surface area (Å²) in [5, 5.41) is 3.42. The van der Waals surface area contributed by atoms with Gasteiger partial charge in [0.2, 0.25) is 0 Å². The highest BCUT2D eigenvalue weighted by Gasteiger charge is 2.26. The number of nitrogens with zero attached hydrogens (tertiary/aromatic N) is 1. The lowest BCUT2D eigenvalue weighted by Crippen LogP contribution is -2.27. The lowest BCUT2D eigenvalue weighted by molar-refractivity contribution is 0.1000. The molecule has 24 heavy (non-hydrogen) atoms. The minimum Gasteiger partial charge on any atom is -0.365 e. The molecule has 0 atom stereocenters. The van der Waals surface area contributed by atoms with Gasteiger partial charge in [-0.1, -0.05) is 17.7 Å². The number of carbonyl (C=O) groups is 2. The van der Waals surface area contributed by atoms with Gasteiger partial charge in [0.25, 0.3) is 11.8 Å². The van der Waals surface area contributed by atoms with Crippen LogP contribution in [-0.2, 0) is 13.0 Å². The first-order chi connectivity index (χ1) is 11.0. The predicted molar refractivity (Wildman–Crippen MR) is 99.3 cm³/mol. The molecule has 2 heterocycles. The molecule has 0 unspecified atom stereocenters. The van der Waals surface area contributed by atoms with Crippen LogP contribution in [0.4, 0.5) is 5.00 Å². The minimum absolute atomic E-state index is 0. The number of halogens is 1. The topological polar surface area (TPSA) is 75.4 Å². The fourth-order valence-electron chi connectivity index (χ4n) is 2.76. The van der Waals surface area contributed by atoms with Crippen LogP contribution in [0.2, 0.25) is 0 Å². The number of thiophene rings is 1. The maximum absolute atomic E-state index is 12.4. The monoisotopic (exact) mass is 365 g/mol. The molecule has 7 heteroatoms. The Hall–Kier alpha value is -1.89. The predicted octanol–water partition coefficient (Wildman–Crippen LogP) is 2.82. The Morgan fingerprint density at radius 2 is 1.92 bits per heavy atom. The van der Waals surface area contributed by atoms with Crippen molar-refractivity contribution in [1.29, 1.82) is 0 Å². The molecule has 2 amide bonds. The van der Waals surface area contributed by atoms with Crippen molar-refractivity contribution in [2.75, 3.05) is 18.9 Å². The van der Waals surface area contributed by atoms with E-state index in [9.17, 15) is 9.59 Å². The van der Waals surface area contributed by atoms with E-state index in [1.807, 2.05) is 26.1 Å². The summed E-state index contributed by atoms with van der Waals surface area (Å²) in [6, 6.07) is 7.32. The van der Waals surface area contributed by atoms with E-state index in [-0.39, 0.29) is 18.3 Å². The van der Waals surface area contributed by atoms with Crippen molar-refractivity contribution < 1.29 is 9.59 Å². The number of rotatable bonds is 3. The van der Waals surface area contributed by atoms with Crippen molar-refractivity contribution in [2.24, 2.45) is 5.73 Å². The van der Waals surface area contributed by atoms with E-state index in [0.29, 0.717) is 16.1 Å². The molecule has 0 radical (unpaired) electrons. The van der Waals surface area contributed by atoms with E-state index in [4.69, 9.17) is 5.73 Å². The molecular formula is C17H20ClN3O2S. The molecule has 0 spiro atoms. The van der Waals surface area contributed by atoms with Crippen LogP contribution in [0, 0.1) is 6.92 Å². The van der Waals surface area contributed by atoms with Gasteiger partial charge in [0.05, 0.1) is 5.56 Å². The van der Waals surface area contributed by atoms with Gasteiger partial charge in [0, 0.05) is 23.5 Å². The largest absolute Gasteiger partial charge is 0.365 e. The first kappa shape index (κ1) is 18.4. The van der Waals surface area contributed by atoms with Gasteiger partial charge >= 0.3 is 0 Å². The molecule has 3 N–H and O–H groups in total. The first-order valence-electron chi connectivity index (χ1n) is 7.46. The second-order valence-corrected chi connectivity index (χ2v) is 6.99. The third-order valence-electron chi connectivity index (χ3n) is 4.03. The summed E-state index contributed by atoms with van der Waals surface area (Å²) in [6.07, 6.45) is 0.779. The maximum Gasteiger partial charge on any atom is 0.256 e. The van der Waals surface area contributed by atoms with E-state index in [2.05, 4.69) is 10.2 Å². The number of benzene rings is 1. The third kappa shape index (κ3) is 3.61. The number of fused-ring (bicyclic) bond motifs is 1. The molecule has 1 aromatic carbocycles. The minimum atomic E-state index is -0.480. The molecule has 2 aromatic rings. The van der Waals surface area contributed by atoms with Gasteiger partial charge in [-0.2, -0.15) is 0 Å². The summed E-state index contributed by atoms with van der Waals surface area (Å²) >= 11 is 1.45. The normalized spacial score (nSPS) is 13.8. The molecule has 3 rings (SSSR count). The zero-order valence-corrected chi connectivity index (χ0v) is 15.2. The highest BCUT2D eigenvalue weighted by molar-refractivity contribution is 7.17. The number of primary amides is 1. The summed E-state index contributed by atoms with van der Waals surface area (Å²) < 4.78 is 0. The summed E-state index contributed by atoms with van der Waals surface area (Å²) in [5.41, 5.74) is 8.67. The molecule has 0 aliphatic carbocycles. The van der Waals surface area contributed by atoms with Crippen LogP contribution in [0.25, 0.3) is 0 Å². The zero-order chi connectivity index (χ0) is 16.6. The molecule has 128 valence electrons. The highest BCUT2D eigenvalue weighted by atomic mass is 35.5. The second-order valence-electron chi connectivity index (χ2n) is 5.88. The van der Waals surface area contributed by atoms with Gasteiger partial charge < -0.3 is 16.0 Å². The lowest BCUT2D eigenvalue weighted by atomic mass is 10.0. The van der Waals surface area contributed by atoms with Crippen molar-refractivity contribution in [3.63, 3.8) is 0 Å². The smallest absolute Gasteiger partial charge is 0.256 e. The fraction of sp³-hybridized carbons (Fsp3) is 0.294. The summed E-state index contributed by atoms with van der Waals surface area (Å²) in [4.78, 5) is 27.6. The molecule has 5 nitrogen and oxygen atoms in total. The van der Waals surface area contributed by atoms with Crippen molar-refractivity contribution >= 4 is 40.6 Å². The van der Waals surface area contributed by atoms with Gasteiger partial charge in [-0.3, -0.25) is 9.59 Å². The Morgan fingerprint density at radius 1 is 1.25 bits per heavy atom. The molecule has 0 saturated heterocycles. The Morgan fingerprint density at radius 3 is 2.54 bits per heavy atom. The molecule has 0 saturated carbocycles. The van der Waals surface area contributed by atoms with Gasteiger partial charge in [0.15, 0.2) is 0 Å². The van der Waals surface area contributed by atoms with Crippen molar-refractivity contribution in [3.8, 4) is 0 Å². The highest BCUT2D eigenvalue weighted by Crippen LogP contribution is 2.36. The lowest BCUT2D eigenvalue weighted by Gasteiger charge is -2.22. The summed E-state index contributed by atoms with van der Waals surface area (Å²) in [7, 11) is 2.04. The molecule has 1 aliphatic rings. The first-order valence-corrected chi connectivity index (χ1v) is 8.28. The van der Waals surface area contributed by atoms with Crippen molar-refractivity contribution in [1.82, 2.24) is 4.90 Å². The molecular weight excluding hydrogens is 346 g/mol. The molecule has 1 aromatic heterocycles. The molecule has 0 bridgehead atoms. The number of amides is 2. The van der Waals surface area contributed by atoms with Crippen LogP contribution in [0.5, 0.6) is 0 Å². The molecule has 1 aliphatic heterocycles. The number of aryl methyl sites for hydroxylation is 1. The Kier molecular flexibility index (Phi) is 5.64. The number of nitrogens with one attached hydrogen (secondary N) is 1. The number of anilines is 1. The van der Waals surface area contributed by atoms with Gasteiger partial charge in [0.1, 0.15) is 5.00 Å². The number of hydrogen-bond acceptors (Lipinski definition) is 4. The number of likely N-dealkylation sites (N-methyl/N-ethyl adjacent to an activating group) is 1. The molecule has 0 fully saturated rings. The average Bonchev–Trinajstić information content (AvgIpc) is 2.84. The SMILES string of the molecule is Cc1ccc(C(=O)Nc2sc3c(c2C(N)=O)CCN(C)C3)cc1.Cl. The third-order valence-corrected chi connectivity index (χ3v) is 5.17. The fourth-order valence-corrected chi connectivity index (χ4v) is 4.09. The van der Waals surface area contributed by atoms with Crippen LogP contribution in [-0.4, -0.2) is 30.3 Å². The van der Waals surface area contributed by atoms with Crippen LogP contribution in [0.15, 0.2) is 24.3 Å². The van der Waals surface area contributed by atoms with Crippen LogP contribution >= 0.6 is 23.7 Å². The second kappa shape index (κ2) is 7.34. The Labute approximate surface area is 151 Å². The van der Waals surface area contributed by atoms with E-state index >= 15 is 0 Å². The van der Waals surface area contributed by atoms with E-state index in [0.717, 1.165) is 35.5 Å². The summed E-state index contributed by atoms with van der Waals surface area (Å²) in [6.45, 7) is 3.63. The van der Waals surface area contributed by atoms with E-state index in [1.165, 1.54) is 11.3 Å². The average molecular weight is 366 g/mol. The number of nitrogens with two attached hydrogens (primary N) is 1. The maximum atomic E-state index is 12.4. The zero-order valence-electron chi connectivity index (χ0n) is 13.6. The van der Waals surface area contributed by atoms with Gasteiger partial charge in [-0.25, -0.2) is 0 Å². The van der Waals surface area contributed by atoms with E-state index < -0.39 is 5.91 Å². The van der Waals surface area contributed by atoms with Crippen LogP contribution in [0.1, 0.15) is 36.7 Å². The quantitative estimate of drug-likeness (QED) is 0.878. The van der Waals surface area contributed by atoms with Crippen molar-refractivity contribution in [2.45, 2.75) is 19.9 Å².